The fraction of sp³-hybridized carbons (Fsp3) is 0.400. The number of pyridine rings is 1. The van der Waals surface area contributed by atoms with Crippen LogP contribution in [0.1, 0.15) is 17.7 Å². The van der Waals surface area contributed by atoms with E-state index < -0.39 is 0 Å². The van der Waals surface area contributed by atoms with Crippen molar-refractivity contribution in [1.82, 2.24) is 4.98 Å². The van der Waals surface area contributed by atoms with Crippen molar-refractivity contribution in [3.05, 3.63) is 23.5 Å². The molecule has 1 heterocycles. The van der Waals surface area contributed by atoms with Gasteiger partial charge in [-0.1, -0.05) is 0 Å². The van der Waals surface area contributed by atoms with E-state index in [9.17, 15) is 0 Å². The van der Waals surface area contributed by atoms with E-state index in [1.807, 2.05) is 26.1 Å². The lowest BCUT2D eigenvalue weighted by molar-refractivity contribution is 0.326. The summed E-state index contributed by atoms with van der Waals surface area (Å²) in [7, 11) is 0. The minimum Gasteiger partial charge on any atom is -0.491 e. The molecule has 0 radical (unpaired) electrons. The number of aryl methyl sites for hydroxylation is 2. The van der Waals surface area contributed by atoms with Gasteiger partial charge in [0.05, 0.1) is 12.3 Å². The topological polar surface area (TPSA) is 46.0 Å². The third-order valence-electron chi connectivity index (χ3n) is 1.70. The standard InChI is InChI=1S/C10H14N2O/c1-8-6-10(9(2)12-7-8)13-5-3-4-11/h4,6-7,11H,3,5H2,1-2H3. The normalized spacial score (nSPS) is 9.69. The minimum atomic E-state index is 0.551. The number of ether oxygens (including phenoxy) is 1. The van der Waals surface area contributed by atoms with Crippen molar-refractivity contribution < 1.29 is 4.74 Å². The van der Waals surface area contributed by atoms with Crippen LogP contribution in [0.2, 0.25) is 0 Å². The average Bonchev–Trinajstić information content (AvgIpc) is 2.11. The third kappa shape index (κ3) is 2.86. The highest BCUT2D eigenvalue weighted by Gasteiger charge is 1.99. The summed E-state index contributed by atoms with van der Waals surface area (Å²) in [5.41, 5.74) is 1.99. The second-order valence-electron chi connectivity index (χ2n) is 2.94. The molecule has 70 valence electrons. The van der Waals surface area contributed by atoms with E-state index in [1.165, 1.54) is 6.21 Å². The molecule has 0 amide bonds. The molecule has 0 unspecified atom stereocenters. The van der Waals surface area contributed by atoms with Crippen molar-refractivity contribution in [2.24, 2.45) is 0 Å². The fourth-order valence-corrected chi connectivity index (χ4v) is 0.985. The molecule has 13 heavy (non-hydrogen) atoms. The monoisotopic (exact) mass is 178 g/mol. The van der Waals surface area contributed by atoms with Crippen molar-refractivity contribution in [3.63, 3.8) is 0 Å². The number of rotatable bonds is 4. The van der Waals surface area contributed by atoms with Gasteiger partial charge in [-0.25, -0.2) is 0 Å². The largest absolute Gasteiger partial charge is 0.491 e. The molecule has 1 N–H and O–H groups in total. The van der Waals surface area contributed by atoms with Crippen LogP contribution in [0.4, 0.5) is 0 Å². The first kappa shape index (κ1) is 9.71. The molecule has 0 bridgehead atoms. The molecule has 3 nitrogen and oxygen atoms in total. The van der Waals surface area contributed by atoms with Gasteiger partial charge in [-0.05, 0) is 31.7 Å². The fourth-order valence-electron chi connectivity index (χ4n) is 0.985. The molecule has 0 fully saturated rings. The molecular formula is C10H14N2O. The Hall–Kier alpha value is -1.38. The first-order valence-electron chi connectivity index (χ1n) is 4.29. The second-order valence-corrected chi connectivity index (χ2v) is 2.94. The van der Waals surface area contributed by atoms with Crippen LogP contribution in [0, 0.1) is 19.3 Å². The molecule has 0 aliphatic heterocycles. The average molecular weight is 178 g/mol. The zero-order valence-electron chi connectivity index (χ0n) is 8.00. The maximum Gasteiger partial charge on any atom is 0.140 e. The molecule has 1 rings (SSSR count). The summed E-state index contributed by atoms with van der Waals surface area (Å²) in [4.78, 5) is 4.18. The first-order valence-corrected chi connectivity index (χ1v) is 4.29. The highest BCUT2D eigenvalue weighted by Crippen LogP contribution is 2.16. The number of nitrogens with zero attached hydrogens (tertiary/aromatic N) is 1. The van der Waals surface area contributed by atoms with E-state index >= 15 is 0 Å². The Bertz CT molecular complexity index is 297. The number of hydrogen-bond acceptors (Lipinski definition) is 3. The van der Waals surface area contributed by atoms with Gasteiger partial charge in [-0.3, -0.25) is 4.98 Å². The van der Waals surface area contributed by atoms with Crippen LogP contribution < -0.4 is 4.74 Å². The Morgan fingerprint density at radius 1 is 1.54 bits per heavy atom. The minimum absolute atomic E-state index is 0.551. The molecule has 3 heteroatoms. The van der Waals surface area contributed by atoms with E-state index in [-0.39, 0.29) is 0 Å². The van der Waals surface area contributed by atoms with Crippen LogP contribution in [-0.4, -0.2) is 17.8 Å². The van der Waals surface area contributed by atoms with Crippen molar-refractivity contribution in [2.45, 2.75) is 20.3 Å². The highest BCUT2D eigenvalue weighted by molar-refractivity contribution is 5.52. The summed E-state index contributed by atoms with van der Waals surface area (Å²) >= 11 is 0. The molecule has 0 saturated heterocycles. The van der Waals surface area contributed by atoms with E-state index in [1.54, 1.807) is 0 Å². The molecule has 0 aromatic carbocycles. The molecule has 0 atom stereocenters. The van der Waals surface area contributed by atoms with Gasteiger partial charge >= 0.3 is 0 Å². The highest BCUT2D eigenvalue weighted by atomic mass is 16.5. The maximum absolute atomic E-state index is 6.84. The summed E-state index contributed by atoms with van der Waals surface area (Å²) in [5.74, 6) is 0.821. The predicted molar refractivity (Wildman–Crippen MR) is 52.6 cm³/mol. The summed E-state index contributed by atoms with van der Waals surface area (Å²) in [6.07, 6.45) is 3.81. The van der Waals surface area contributed by atoms with Crippen LogP contribution in [0.15, 0.2) is 12.3 Å². The van der Waals surface area contributed by atoms with Gasteiger partial charge in [0, 0.05) is 12.6 Å². The maximum atomic E-state index is 6.84. The van der Waals surface area contributed by atoms with E-state index in [4.69, 9.17) is 10.1 Å². The summed E-state index contributed by atoms with van der Waals surface area (Å²) < 4.78 is 5.44. The Balaban J connectivity index is 2.64. The summed E-state index contributed by atoms with van der Waals surface area (Å²) in [6, 6.07) is 1.96. The van der Waals surface area contributed by atoms with Gasteiger partial charge in [-0.15, -0.1) is 0 Å². The second kappa shape index (κ2) is 4.60. The Labute approximate surface area is 78.3 Å². The number of nitrogens with one attached hydrogen (secondary N) is 1. The zero-order valence-corrected chi connectivity index (χ0v) is 8.00. The molecule has 0 aliphatic carbocycles. The Morgan fingerprint density at radius 3 is 3.00 bits per heavy atom. The van der Waals surface area contributed by atoms with Gasteiger partial charge in [0.25, 0.3) is 0 Å². The first-order chi connectivity index (χ1) is 6.24. The van der Waals surface area contributed by atoms with Gasteiger partial charge < -0.3 is 10.1 Å². The number of hydrogen-bond donors (Lipinski definition) is 1. The SMILES string of the molecule is Cc1cnc(C)c(OCCC=N)c1. The lowest BCUT2D eigenvalue weighted by atomic mass is 10.2. The van der Waals surface area contributed by atoms with Crippen LogP contribution in [0.25, 0.3) is 0 Å². The van der Waals surface area contributed by atoms with Crippen molar-refractivity contribution in [2.75, 3.05) is 6.61 Å². The Morgan fingerprint density at radius 2 is 2.31 bits per heavy atom. The van der Waals surface area contributed by atoms with Crippen LogP contribution in [0.5, 0.6) is 5.75 Å². The van der Waals surface area contributed by atoms with Crippen LogP contribution in [-0.2, 0) is 0 Å². The lowest BCUT2D eigenvalue weighted by Gasteiger charge is -2.07. The van der Waals surface area contributed by atoms with E-state index in [0.717, 1.165) is 17.0 Å². The lowest BCUT2D eigenvalue weighted by Crippen LogP contribution is -2.00. The zero-order chi connectivity index (χ0) is 9.68. The van der Waals surface area contributed by atoms with Crippen LogP contribution in [0.3, 0.4) is 0 Å². The Kier molecular flexibility index (Phi) is 3.43. The van der Waals surface area contributed by atoms with E-state index in [2.05, 4.69) is 4.98 Å². The predicted octanol–water partition coefficient (Wildman–Crippen LogP) is 2.12. The van der Waals surface area contributed by atoms with Crippen molar-refractivity contribution >= 4 is 6.21 Å². The van der Waals surface area contributed by atoms with Crippen molar-refractivity contribution in [3.8, 4) is 5.75 Å². The van der Waals surface area contributed by atoms with Gasteiger partial charge in [0.1, 0.15) is 5.75 Å². The van der Waals surface area contributed by atoms with Crippen LogP contribution >= 0.6 is 0 Å². The quantitative estimate of drug-likeness (QED) is 0.567. The number of aromatic nitrogens is 1. The van der Waals surface area contributed by atoms with Crippen molar-refractivity contribution in [1.29, 1.82) is 5.41 Å². The third-order valence-corrected chi connectivity index (χ3v) is 1.70. The van der Waals surface area contributed by atoms with Gasteiger partial charge in [0.2, 0.25) is 0 Å². The van der Waals surface area contributed by atoms with E-state index in [0.29, 0.717) is 13.0 Å². The smallest absolute Gasteiger partial charge is 0.140 e. The summed E-state index contributed by atoms with van der Waals surface area (Å²) in [5, 5.41) is 6.84. The molecule has 0 aliphatic rings. The van der Waals surface area contributed by atoms with Gasteiger partial charge in [0.15, 0.2) is 0 Å². The van der Waals surface area contributed by atoms with Gasteiger partial charge in [-0.2, -0.15) is 0 Å². The molecule has 1 aromatic heterocycles. The molecular weight excluding hydrogens is 164 g/mol. The summed E-state index contributed by atoms with van der Waals surface area (Å²) in [6.45, 7) is 4.45. The molecule has 0 spiro atoms. The molecule has 1 aromatic rings. The molecule has 0 saturated carbocycles.